The van der Waals surface area contributed by atoms with Gasteiger partial charge in [-0.1, -0.05) is 284 Å². The van der Waals surface area contributed by atoms with Crippen LogP contribution in [0.2, 0.25) is 0 Å². The maximum Gasteiger partial charge on any atom is 0.472 e. The molecule has 0 aromatic rings. The van der Waals surface area contributed by atoms with E-state index >= 15 is 0 Å². The summed E-state index contributed by atoms with van der Waals surface area (Å²) in [5.74, 6) is -2.34. The number of rotatable bonds is 56. The van der Waals surface area contributed by atoms with Crippen LogP contribution in [0.1, 0.15) is 309 Å². The molecule has 0 aliphatic rings. The highest BCUT2D eigenvalue weighted by Gasteiger charge is 2.28. The Morgan fingerprint density at radius 3 is 0.926 bits per heavy atom. The van der Waals surface area contributed by atoms with Gasteiger partial charge in [-0.05, 0) is 12.8 Å². The van der Waals surface area contributed by atoms with Crippen molar-refractivity contribution in [1.82, 2.24) is 0 Å². The molecule has 0 aliphatic carbocycles. The van der Waals surface area contributed by atoms with Crippen LogP contribution in [0, 0.1) is 0 Å². The molecule has 3 atom stereocenters. The zero-order chi connectivity index (χ0) is 49.9. The number of carbonyl (C=O) groups is 3. The standard InChI is InChI=1S/C56H110NO10P/c1-3-5-7-9-11-13-15-17-19-21-23-25-27-29-31-33-35-37-39-41-43-45-47-54(58)64-49-52(50-65-68(62,63)66-51-53(57)56(60)61)67-55(59)48-46-44-42-40-38-36-34-32-30-28-26-24-22-20-18-16-14-12-10-8-6-4-2/h52-53H,3-51,57H2,1-2H3,(H,60,61)(H,62,63)/t52-,53+/m1/s1. The maximum absolute atomic E-state index is 12.7. The number of nitrogens with two attached hydrogens (primary N) is 1. The highest BCUT2D eigenvalue weighted by Crippen LogP contribution is 2.43. The average molecular weight is 988 g/mol. The molecule has 0 amide bonds. The molecule has 12 heteroatoms. The normalized spacial score (nSPS) is 13.4. The minimum atomic E-state index is -4.72. The lowest BCUT2D eigenvalue weighted by Gasteiger charge is -2.20. The lowest BCUT2D eigenvalue weighted by molar-refractivity contribution is -0.161. The largest absolute Gasteiger partial charge is 0.480 e. The molecule has 0 spiro atoms. The fraction of sp³-hybridized carbons (Fsp3) is 0.946. The maximum atomic E-state index is 12.7. The molecule has 404 valence electrons. The Morgan fingerprint density at radius 2 is 0.647 bits per heavy atom. The molecular weight excluding hydrogens is 878 g/mol. The van der Waals surface area contributed by atoms with E-state index in [1.807, 2.05) is 0 Å². The van der Waals surface area contributed by atoms with Crippen molar-refractivity contribution < 1.29 is 47.5 Å². The molecule has 0 saturated carbocycles. The molecule has 4 N–H and O–H groups in total. The summed E-state index contributed by atoms with van der Waals surface area (Å²) >= 11 is 0. The topological polar surface area (TPSA) is 172 Å². The smallest absolute Gasteiger partial charge is 0.472 e. The number of hydrogen-bond acceptors (Lipinski definition) is 9. The van der Waals surface area contributed by atoms with Gasteiger partial charge in [0.05, 0.1) is 13.2 Å². The van der Waals surface area contributed by atoms with Crippen LogP contribution in [-0.2, 0) is 37.5 Å². The quantitative estimate of drug-likeness (QED) is 0.0301. The van der Waals surface area contributed by atoms with E-state index in [9.17, 15) is 23.8 Å². The third-order valence-electron chi connectivity index (χ3n) is 13.4. The van der Waals surface area contributed by atoms with Crippen molar-refractivity contribution in [1.29, 1.82) is 0 Å². The van der Waals surface area contributed by atoms with Crippen LogP contribution >= 0.6 is 7.82 Å². The monoisotopic (exact) mass is 988 g/mol. The van der Waals surface area contributed by atoms with Crippen molar-refractivity contribution in [2.45, 2.75) is 321 Å². The van der Waals surface area contributed by atoms with Gasteiger partial charge < -0.3 is 25.2 Å². The number of unbranched alkanes of at least 4 members (excludes halogenated alkanes) is 42. The van der Waals surface area contributed by atoms with E-state index in [0.29, 0.717) is 12.8 Å². The average Bonchev–Trinajstić information content (AvgIpc) is 3.32. The van der Waals surface area contributed by atoms with Gasteiger partial charge in [0.15, 0.2) is 6.10 Å². The SMILES string of the molecule is CCCCCCCCCCCCCCCCCCCCCCCCC(=O)OC[C@H](COP(=O)(O)OC[C@H](N)C(=O)O)OC(=O)CCCCCCCCCCCCCCCCCCCCCCCC. The molecule has 0 radical (unpaired) electrons. The summed E-state index contributed by atoms with van der Waals surface area (Å²) in [4.78, 5) is 46.3. The first kappa shape index (κ1) is 66.5. The highest BCUT2D eigenvalue weighted by molar-refractivity contribution is 7.47. The van der Waals surface area contributed by atoms with Gasteiger partial charge in [-0.15, -0.1) is 0 Å². The second-order valence-electron chi connectivity index (χ2n) is 20.1. The second-order valence-corrected chi connectivity index (χ2v) is 21.6. The summed E-state index contributed by atoms with van der Waals surface area (Å²) in [6.07, 6.45) is 56.0. The van der Waals surface area contributed by atoms with E-state index in [1.54, 1.807) is 0 Å². The van der Waals surface area contributed by atoms with E-state index in [0.717, 1.165) is 38.5 Å². The summed E-state index contributed by atoms with van der Waals surface area (Å²) in [6, 6.07) is -1.52. The predicted molar refractivity (Wildman–Crippen MR) is 282 cm³/mol. The molecule has 1 unspecified atom stereocenters. The summed E-state index contributed by atoms with van der Waals surface area (Å²) in [6.45, 7) is 2.89. The minimum absolute atomic E-state index is 0.170. The number of phosphoric acid groups is 1. The van der Waals surface area contributed by atoms with Gasteiger partial charge in [0, 0.05) is 12.8 Å². The molecule has 0 saturated heterocycles. The Labute approximate surface area is 418 Å². The van der Waals surface area contributed by atoms with E-state index in [2.05, 4.69) is 13.8 Å². The molecule has 0 aliphatic heterocycles. The zero-order valence-electron chi connectivity index (χ0n) is 44.5. The molecular formula is C56H110NO10P. The van der Waals surface area contributed by atoms with Crippen LogP contribution in [0.25, 0.3) is 0 Å². The second kappa shape index (κ2) is 51.8. The van der Waals surface area contributed by atoms with Crippen LogP contribution in [0.15, 0.2) is 0 Å². The Hall–Kier alpha value is -1.52. The van der Waals surface area contributed by atoms with Gasteiger partial charge in [0.1, 0.15) is 12.6 Å². The lowest BCUT2D eigenvalue weighted by Crippen LogP contribution is -2.34. The fourth-order valence-corrected chi connectivity index (χ4v) is 9.61. The van der Waals surface area contributed by atoms with Crippen molar-refractivity contribution in [3.63, 3.8) is 0 Å². The van der Waals surface area contributed by atoms with Gasteiger partial charge in [-0.3, -0.25) is 23.4 Å². The van der Waals surface area contributed by atoms with E-state index in [4.69, 9.17) is 29.4 Å². The Morgan fingerprint density at radius 1 is 0.397 bits per heavy atom. The molecule has 11 nitrogen and oxygen atoms in total. The first-order valence-electron chi connectivity index (χ1n) is 29.1. The van der Waals surface area contributed by atoms with E-state index in [1.165, 1.54) is 231 Å². The number of aliphatic carboxylic acids is 1. The van der Waals surface area contributed by atoms with Gasteiger partial charge in [0.2, 0.25) is 0 Å². The van der Waals surface area contributed by atoms with Crippen LogP contribution in [-0.4, -0.2) is 59.9 Å². The summed E-state index contributed by atoms with van der Waals surface area (Å²) in [5, 5.41) is 8.94. The first-order valence-corrected chi connectivity index (χ1v) is 30.6. The Balaban J connectivity index is 4.10. The van der Waals surface area contributed by atoms with Crippen LogP contribution in [0.4, 0.5) is 0 Å². The lowest BCUT2D eigenvalue weighted by atomic mass is 10.0. The van der Waals surface area contributed by atoms with Crippen molar-refractivity contribution in [2.75, 3.05) is 19.8 Å². The minimum Gasteiger partial charge on any atom is -0.480 e. The number of phosphoric ester groups is 1. The van der Waals surface area contributed by atoms with Crippen molar-refractivity contribution in [3.05, 3.63) is 0 Å². The Kier molecular flexibility index (Phi) is 50.7. The molecule has 0 aromatic heterocycles. The van der Waals surface area contributed by atoms with Gasteiger partial charge >= 0.3 is 25.7 Å². The van der Waals surface area contributed by atoms with Crippen molar-refractivity contribution >= 4 is 25.7 Å². The third kappa shape index (κ3) is 50.9. The zero-order valence-corrected chi connectivity index (χ0v) is 45.4. The molecule has 0 fully saturated rings. The van der Waals surface area contributed by atoms with Gasteiger partial charge in [0.25, 0.3) is 0 Å². The predicted octanol–water partition coefficient (Wildman–Crippen LogP) is 17.0. The van der Waals surface area contributed by atoms with E-state index in [-0.39, 0.29) is 19.4 Å². The number of carboxylic acids is 1. The number of carbonyl (C=O) groups excluding carboxylic acids is 2. The highest BCUT2D eigenvalue weighted by atomic mass is 31.2. The first-order chi connectivity index (χ1) is 33.1. The fourth-order valence-electron chi connectivity index (χ4n) is 8.84. The van der Waals surface area contributed by atoms with Crippen LogP contribution in [0.5, 0.6) is 0 Å². The molecule has 0 bridgehead atoms. The number of hydrogen-bond donors (Lipinski definition) is 3. The summed E-state index contributed by atoms with van der Waals surface area (Å²) < 4.78 is 33.0. The van der Waals surface area contributed by atoms with Crippen LogP contribution in [0.3, 0.4) is 0 Å². The number of carboxylic acid groups (broad SMARTS) is 1. The van der Waals surface area contributed by atoms with Crippen molar-refractivity contribution in [2.24, 2.45) is 5.73 Å². The Bertz CT molecular complexity index is 1160. The molecule has 0 rings (SSSR count). The van der Waals surface area contributed by atoms with E-state index < -0.39 is 51.1 Å². The number of ether oxygens (including phenoxy) is 2. The third-order valence-corrected chi connectivity index (χ3v) is 14.3. The molecule has 0 aromatic carbocycles. The van der Waals surface area contributed by atoms with Gasteiger partial charge in [-0.2, -0.15) is 0 Å². The molecule has 0 heterocycles. The van der Waals surface area contributed by atoms with Crippen LogP contribution < -0.4 is 5.73 Å². The van der Waals surface area contributed by atoms with Crippen molar-refractivity contribution in [3.8, 4) is 0 Å². The number of esters is 2. The van der Waals surface area contributed by atoms with Gasteiger partial charge in [-0.25, -0.2) is 4.57 Å². The summed E-state index contributed by atoms with van der Waals surface area (Å²) in [7, 11) is -4.72. The molecule has 68 heavy (non-hydrogen) atoms. The summed E-state index contributed by atoms with van der Waals surface area (Å²) in [5.41, 5.74) is 5.37.